The molecule has 0 bridgehead atoms. The van der Waals surface area contributed by atoms with Crippen LogP contribution >= 0.6 is 0 Å². The summed E-state index contributed by atoms with van der Waals surface area (Å²) in [4.78, 5) is 24.8. The predicted molar refractivity (Wildman–Crippen MR) is 59.5 cm³/mol. The molecule has 0 aromatic carbocycles. The van der Waals surface area contributed by atoms with E-state index in [1.165, 1.54) is 0 Å². The first-order valence-corrected chi connectivity index (χ1v) is 5.87. The SMILES string of the molecule is CC1(C(=O)N2CCOC(C(=O)O)C2)CCNC1. The van der Waals surface area contributed by atoms with Crippen molar-refractivity contribution in [1.29, 1.82) is 0 Å². The zero-order chi connectivity index (χ0) is 12.5. The number of carboxylic acids is 1. The number of carboxylic acid groups (broad SMARTS) is 1. The minimum Gasteiger partial charge on any atom is -0.479 e. The number of nitrogens with zero attached hydrogens (tertiary/aromatic N) is 1. The Labute approximate surface area is 99.9 Å². The number of ether oxygens (including phenoxy) is 1. The summed E-state index contributed by atoms with van der Waals surface area (Å²) in [5.41, 5.74) is -0.388. The highest BCUT2D eigenvalue weighted by Crippen LogP contribution is 2.28. The van der Waals surface area contributed by atoms with Gasteiger partial charge in [-0.3, -0.25) is 4.79 Å². The van der Waals surface area contributed by atoms with Crippen LogP contribution in [-0.2, 0) is 14.3 Å². The molecular weight excluding hydrogens is 224 g/mol. The van der Waals surface area contributed by atoms with Gasteiger partial charge in [0.05, 0.1) is 18.6 Å². The highest BCUT2D eigenvalue weighted by Gasteiger charge is 2.41. The van der Waals surface area contributed by atoms with Gasteiger partial charge in [-0.25, -0.2) is 4.79 Å². The Bertz CT molecular complexity index is 325. The zero-order valence-electron chi connectivity index (χ0n) is 9.94. The maximum absolute atomic E-state index is 12.3. The van der Waals surface area contributed by atoms with Gasteiger partial charge in [0, 0.05) is 13.1 Å². The summed E-state index contributed by atoms with van der Waals surface area (Å²) in [6, 6.07) is 0. The molecule has 2 fully saturated rings. The summed E-state index contributed by atoms with van der Waals surface area (Å²) >= 11 is 0. The number of carbonyl (C=O) groups excluding carboxylic acids is 1. The van der Waals surface area contributed by atoms with Gasteiger partial charge in [-0.1, -0.05) is 0 Å². The van der Waals surface area contributed by atoms with Crippen molar-refractivity contribution in [2.24, 2.45) is 5.41 Å². The first-order chi connectivity index (χ1) is 8.03. The predicted octanol–water partition coefficient (Wildman–Crippen LogP) is -0.702. The third kappa shape index (κ3) is 2.42. The molecule has 0 radical (unpaired) electrons. The quantitative estimate of drug-likeness (QED) is 0.669. The van der Waals surface area contributed by atoms with Gasteiger partial charge in [0.25, 0.3) is 0 Å². The molecule has 17 heavy (non-hydrogen) atoms. The smallest absolute Gasteiger partial charge is 0.334 e. The van der Waals surface area contributed by atoms with Crippen molar-refractivity contribution in [3.63, 3.8) is 0 Å². The minimum absolute atomic E-state index is 0.0389. The number of hydrogen-bond acceptors (Lipinski definition) is 4. The molecule has 1 amide bonds. The van der Waals surface area contributed by atoms with Crippen LogP contribution < -0.4 is 5.32 Å². The average molecular weight is 242 g/mol. The van der Waals surface area contributed by atoms with Gasteiger partial charge in [0.2, 0.25) is 5.91 Å². The average Bonchev–Trinajstić information content (AvgIpc) is 2.76. The van der Waals surface area contributed by atoms with Crippen LogP contribution in [0.2, 0.25) is 0 Å². The molecule has 0 spiro atoms. The van der Waals surface area contributed by atoms with Crippen LogP contribution in [-0.4, -0.2) is 60.8 Å². The van der Waals surface area contributed by atoms with Crippen LogP contribution in [0.5, 0.6) is 0 Å². The molecule has 2 aliphatic heterocycles. The lowest BCUT2D eigenvalue weighted by Crippen LogP contribution is -2.53. The Morgan fingerprint density at radius 3 is 2.88 bits per heavy atom. The minimum atomic E-state index is -1.00. The summed E-state index contributed by atoms with van der Waals surface area (Å²) in [6.07, 6.45) is -0.0772. The molecule has 2 N–H and O–H groups in total. The number of amides is 1. The van der Waals surface area contributed by atoms with Crippen LogP contribution in [0.4, 0.5) is 0 Å². The van der Waals surface area contributed by atoms with Crippen molar-refractivity contribution < 1.29 is 19.4 Å². The second-order valence-electron chi connectivity index (χ2n) is 4.94. The second-order valence-corrected chi connectivity index (χ2v) is 4.94. The van der Waals surface area contributed by atoms with Crippen molar-refractivity contribution in [3.8, 4) is 0 Å². The van der Waals surface area contributed by atoms with Gasteiger partial charge >= 0.3 is 5.97 Å². The van der Waals surface area contributed by atoms with Crippen molar-refractivity contribution >= 4 is 11.9 Å². The molecule has 6 nitrogen and oxygen atoms in total. The van der Waals surface area contributed by atoms with Crippen LogP contribution in [0.25, 0.3) is 0 Å². The summed E-state index contributed by atoms with van der Waals surface area (Å²) in [5.74, 6) is -0.964. The fourth-order valence-corrected chi connectivity index (χ4v) is 2.36. The zero-order valence-corrected chi connectivity index (χ0v) is 9.94. The molecule has 0 aromatic rings. The van der Waals surface area contributed by atoms with E-state index in [0.717, 1.165) is 13.0 Å². The summed E-state index contributed by atoms with van der Waals surface area (Å²) in [5, 5.41) is 12.1. The molecule has 0 aromatic heterocycles. The Hall–Kier alpha value is -1.14. The lowest BCUT2D eigenvalue weighted by Gasteiger charge is -2.36. The van der Waals surface area contributed by atoms with Crippen molar-refractivity contribution in [2.75, 3.05) is 32.8 Å². The summed E-state index contributed by atoms with van der Waals surface area (Å²) in [7, 11) is 0. The molecule has 2 aliphatic rings. The maximum Gasteiger partial charge on any atom is 0.334 e. The van der Waals surface area contributed by atoms with Gasteiger partial charge in [-0.2, -0.15) is 0 Å². The number of carbonyl (C=O) groups is 2. The number of rotatable bonds is 2. The molecule has 2 atom stereocenters. The Morgan fingerprint density at radius 1 is 1.53 bits per heavy atom. The number of aliphatic carboxylic acids is 1. The Kier molecular flexibility index (Phi) is 3.35. The normalized spacial score (nSPS) is 33.7. The standard InChI is InChI=1S/C11H18N2O4/c1-11(2-3-12-7-11)10(16)13-4-5-17-8(6-13)9(14)15/h8,12H,2-7H2,1H3,(H,14,15). The van der Waals surface area contributed by atoms with Crippen molar-refractivity contribution in [1.82, 2.24) is 10.2 Å². The number of nitrogens with one attached hydrogen (secondary N) is 1. The molecule has 2 saturated heterocycles. The summed E-state index contributed by atoms with van der Waals surface area (Å²) in [6.45, 7) is 4.38. The Balaban J connectivity index is 2.01. The first-order valence-electron chi connectivity index (χ1n) is 5.87. The third-order valence-corrected chi connectivity index (χ3v) is 3.51. The van der Waals surface area contributed by atoms with Gasteiger partial charge in [-0.05, 0) is 19.9 Å². The molecular formula is C11H18N2O4. The fraction of sp³-hybridized carbons (Fsp3) is 0.818. The van der Waals surface area contributed by atoms with E-state index in [1.807, 2.05) is 6.92 Å². The largest absolute Gasteiger partial charge is 0.479 e. The van der Waals surface area contributed by atoms with E-state index in [1.54, 1.807) is 4.90 Å². The van der Waals surface area contributed by atoms with E-state index in [2.05, 4.69) is 5.32 Å². The fourth-order valence-electron chi connectivity index (χ4n) is 2.36. The van der Waals surface area contributed by atoms with Crippen LogP contribution in [0, 0.1) is 5.41 Å². The molecule has 6 heteroatoms. The molecule has 2 rings (SSSR count). The monoisotopic (exact) mass is 242 g/mol. The van der Waals surface area contributed by atoms with Gasteiger partial charge in [-0.15, -0.1) is 0 Å². The molecule has 0 aliphatic carbocycles. The van der Waals surface area contributed by atoms with E-state index in [0.29, 0.717) is 19.7 Å². The van der Waals surface area contributed by atoms with Crippen molar-refractivity contribution in [2.45, 2.75) is 19.4 Å². The van der Waals surface area contributed by atoms with Crippen LogP contribution in [0.1, 0.15) is 13.3 Å². The second kappa shape index (κ2) is 4.62. The molecule has 2 heterocycles. The number of hydrogen-bond donors (Lipinski definition) is 2. The maximum atomic E-state index is 12.3. The van der Waals surface area contributed by atoms with Gasteiger partial charge in [0.15, 0.2) is 6.10 Å². The van der Waals surface area contributed by atoms with E-state index in [-0.39, 0.29) is 17.9 Å². The molecule has 2 unspecified atom stereocenters. The van der Waals surface area contributed by atoms with Gasteiger partial charge < -0.3 is 20.1 Å². The van der Waals surface area contributed by atoms with E-state index in [9.17, 15) is 9.59 Å². The first kappa shape index (κ1) is 12.3. The van der Waals surface area contributed by atoms with E-state index >= 15 is 0 Å². The van der Waals surface area contributed by atoms with E-state index < -0.39 is 12.1 Å². The summed E-state index contributed by atoms with van der Waals surface area (Å²) < 4.78 is 5.11. The van der Waals surface area contributed by atoms with Gasteiger partial charge in [0.1, 0.15) is 0 Å². The van der Waals surface area contributed by atoms with Crippen molar-refractivity contribution in [3.05, 3.63) is 0 Å². The van der Waals surface area contributed by atoms with E-state index in [4.69, 9.17) is 9.84 Å². The lowest BCUT2D eigenvalue weighted by molar-refractivity contribution is -0.162. The number of morpholine rings is 1. The highest BCUT2D eigenvalue weighted by molar-refractivity contribution is 5.84. The topological polar surface area (TPSA) is 78.9 Å². The highest BCUT2D eigenvalue weighted by atomic mass is 16.5. The molecule has 96 valence electrons. The third-order valence-electron chi connectivity index (χ3n) is 3.51. The lowest BCUT2D eigenvalue weighted by atomic mass is 9.88. The Morgan fingerprint density at radius 2 is 2.29 bits per heavy atom. The molecule has 0 saturated carbocycles. The van der Waals surface area contributed by atoms with Crippen LogP contribution in [0.3, 0.4) is 0 Å². The van der Waals surface area contributed by atoms with Crippen LogP contribution in [0.15, 0.2) is 0 Å².